The number of carbonyl (C=O) groups is 2. The summed E-state index contributed by atoms with van der Waals surface area (Å²) < 4.78 is 22.2. The Morgan fingerprint density at radius 1 is 0.844 bits per heavy atom. The van der Waals surface area contributed by atoms with Crippen LogP contribution in [0.4, 0.5) is 4.39 Å². The molecular weight excluding hydrogens is 563 g/mol. The Morgan fingerprint density at radius 2 is 1.49 bits per heavy atom. The van der Waals surface area contributed by atoms with Crippen LogP contribution in [0.3, 0.4) is 0 Å². The second kappa shape index (κ2) is 11.1. The summed E-state index contributed by atoms with van der Waals surface area (Å²) in [6.45, 7) is 2.37. The highest BCUT2D eigenvalue weighted by Crippen LogP contribution is 2.63. The normalized spacial score (nSPS) is 28.3. The van der Waals surface area contributed by atoms with Crippen molar-refractivity contribution in [2.45, 2.75) is 83.5 Å². The van der Waals surface area contributed by atoms with Crippen molar-refractivity contribution in [3.63, 3.8) is 0 Å². The highest BCUT2D eigenvalue weighted by molar-refractivity contribution is 5.90. The van der Waals surface area contributed by atoms with Crippen LogP contribution in [0.5, 0.6) is 0 Å². The first-order valence-corrected chi connectivity index (χ1v) is 16.7. The van der Waals surface area contributed by atoms with Crippen molar-refractivity contribution in [1.29, 1.82) is 0 Å². The van der Waals surface area contributed by atoms with Crippen LogP contribution in [-0.4, -0.2) is 27.4 Å². The summed E-state index contributed by atoms with van der Waals surface area (Å²) in [4.78, 5) is 29.7. The van der Waals surface area contributed by atoms with E-state index in [0.29, 0.717) is 13.0 Å². The van der Waals surface area contributed by atoms with Crippen LogP contribution in [0.15, 0.2) is 78.9 Å². The number of hydrogen-bond donors (Lipinski definition) is 0. The Hall–Kier alpha value is -3.93. The van der Waals surface area contributed by atoms with E-state index < -0.39 is 6.04 Å². The number of nitrogens with zero attached hydrogens (tertiary/aromatic N) is 2. The number of halogens is 1. The van der Waals surface area contributed by atoms with Gasteiger partial charge in [0.2, 0.25) is 5.91 Å². The lowest BCUT2D eigenvalue weighted by Crippen LogP contribution is -2.54. The Bertz CT molecular complexity index is 1710. The monoisotopic (exact) mass is 604 g/mol. The number of ether oxygens (including phenoxy) is 1. The molecule has 9 rings (SSSR count). The van der Waals surface area contributed by atoms with Gasteiger partial charge < -0.3 is 14.2 Å². The Balaban J connectivity index is 1.24. The number of para-hydroxylation sites is 1. The smallest absolute Gasteiger partial charge is 0.329 e. The first-order valence-electron chi connectivity index (χ1n) is 16.7. The fourth-order valence-electron chi connectivity index (χ4n) is 10.2. The van der Waals surface area contributed by atoms with E-state index in [9.17, 15) is 14.0 Å². The van der Waals surface area contributed by atoms with Crippen LogP contribution in [-0.2, 0) is 33.9 Å². The summed E-state index contributed by atoms with van der Waals surface area (Å²) in [6, 6.07) is 23.9. The molecular formula is C39H41FN2O3. The van der Waals surface area contributed by atoms with Gasteiger partial charge in [-0.1, -0.05) is 60.7 Å². The third kappa shape index (κ3) is 5.16. The number of carbonyl (C=O) groups excluding carboxylic acids is 2. The van der Waals surface area contributed by atoms with Gasteiger partial charge in [0.05, 0.1) is 6.04 Å². The zero-order valence-electron chi connectivity index (χ0n) is 26.0. The summed E-state index contributed by atoms with van der Waals surface area (Å²) in [5.74, 6) is 1.66. The number of hydrogen-bond acceptors (Lipinski definition) is 3. The zero-order valence-corrected chi connectivity index (χ0v) is 26.0. The van der Waals surface area contributed by atoms with Crippen LogP contribution in [0.1, 0.15) is 80.3 Å². The van der Waals surface area contributed by atoms with Crippen molar-refractivity contribution in [3.8, 4) is 0 Å². The molecule has 1 aliphatic heterocycles. The quantitative estimate of drug-likeness (QED) is 0.201. The first-order chi connectivity index (χ1) is 21.9. The zero-order chi connectivity index (χ0) is 30.7. The lowest BCUT2D eigenvalue weighted by molar-refractivity contribution is -0.160. The van der Waals surface area contributed by atoms with E-state index in [2.05, 4.69) is 28.8 Å². The van der Waals surface area contributed by atoms with Crippen LogP contribution >= 0.6 is 0 Å². The van der Waals surface area contributed by atoms with Gasteiger partial charge in [0.15, 0.2) is 0 Å². The topological polar surface area (TPSA) is 51.5 Å². The van der Waals surface area contributed by atoms with Gasteiger partial charge in [0.1, 0.15) is 18.5 Å². The predicted molar refractivity (Wildman–Crippen MR) is 172 cm³/mol. The Morgan fingerprint density at radius 3 is 2.16 bits per heavy atom. The molecule has 0 spiro atoms. The van der Waals surface area contributed by atoms with Crippen LogP contribution in [0, 0.1) is 29.0 Å². The SMILES string of the molecule is CC(=O)N1[C@H](CC23CC4CC(CC(C4)C2)C3)c2c(c3ccccc3n2Cc2ccc(F)cc2)C[C@H]1C(=O)OCc1ccccc1. The second-order valence-corrected chi connectivity index (χ2v) is 14.5. The molecule has 45 heavy (non-hydrogen) atoms. The van der Waals surface area contributed by atoms with E-state index in [1.165, 1.54) is 50.7 Å². The highest BCUT2D eigenvalue weighted by atomic mass is 19.1. The summed E-state index contributed by atoms with van der Waals surface area (Å²) in [5, 5.41) is 1.12. The molecule has 2 heterocycles. The first kappa shape index (κ1) is 28.5. The molecule has 232 valence electrons. The van der Waals surface area contributed by atoms with E-state index in [4.69, 9.17) is 4.74 Å². The second-order valence-electron chi connectivity index (χ2n) is 14.5. The molecule has 0 radical (unpaired) electrons. The van der Waals surface area contributed by atoms with Gasteiger partial charge in [-0.3, -0.25) is 4.79 Å². The molecule has 0 unspecified atom stereocenters. The van der Waals surface area contributed by atoms with Gasteiger partial charge in [0.25, 0.3) is 0 Å². The molecule has 0 saturated heterocycles. The summed E-state index contributed by atoms with van der Waals surface area (Å²) in [6.07, 6.45) is 9.00. The summed E-state index contributed by atoms with van der Waals surface area (Å²) in [7, 11) is 0. The maximum Gasteiger partial charge on any atom is 0.329 e. The predicted octanol–water partition coefficient (Wildman–Crippen LogP) is 7.99. The number of aromatic nitrogens is 1. The molecule has 4 fully saturated rings. The van der Waals surface area contributed by atoms with Gasteiger partial charge >= 0.3 is 5.97 Å². The molecule has 4 aromatic rings. The lowest BCUT2D eigenvalue weighted by Gasteiger charge is -2.58. The molecule has 2 atom stereocenters. The lowest BCUT2D eigenvalue weighted by atomic mass is 9.48. The molecule has 1 amide bonds. The number of rotatable bonds is 7. The van der Waals surface area contributed by atoms with E-state index in [-0.39, 0.29) is 35.8 Å². The average Bonchev–Trinajstić information content (AvgIpc) is 3.33. The highest BCUT2D eigenvalue weighted by Gasteiger charge is 2.54. The average molecular weight is 605 g/mol. The van der Waals surface area contributed by atoms with Crippen LogP contribution < -0.4 is 0 Å². The van der Waals surface area contributed by atoms with Crippen LogP contribution in [0.2, 0.25) is 0 Å². The van der Waals surface area contributed by atoms with Gasteiger partial charge in [-0.2, -0.15) is 0 Å². The molecule has 0 N–H and O–H groups in total. The van der Waals surface area contributed by atoms with Crippen molar-refractivity contribution >= 4 is 22.8 Å². The molecule has 4 bridgehead atoms. The fourth-order valence-corrected chi connectivity index (χ4v) is 10.2. The number of benzene rings is 3. The van der Waals surface area contributed by atoms with Crippen molar-refractivity contribution in [3.05, 3.63) is 107 Å². The van der Waals surface area contributed by atoms with Crippen molar-refractivity contribution in [1.82, 2.24) is 9.47 Å². The maximum absolute atomic E-state index is 14.0. The maximum atomic E-state index is 14.0. The third-order valence-electron chi connectivity index (χ3n) is 11.4. The Labute approximate surface area is 264 Å². The summed E-state index contributed by atoms with van der Waals surface area (Å²) in [5.41, 5.74) is 5.48. The van der Waals surface area contributed by atoms with Crippen LogP contribution in [0.25, 0.3) is 10.9 Å². The number of amides is 1. The van der Waals surface area contributed by atoms with E-state index in [1.54, 1.807) is 6.92 Å². The van der Waals surface area contributed by atoms with Gasteiger partial charge in [0, 0.05) is 36.5 Å². The van der Waals surface area contributed by atoms with E-state index >= 15 is 0 Å². The number of fused-ring (bicyclic) bond motifs is 3. The Kier molecular flexibility index (Phi) is 7.07. The largest absolute Gasteiger partial charge is 0.459 e. The van der Waals surface area contributed by atoms with Crippen molar-refractivity contribution in [2.24, 2.45) is 23.2 Å². The number of esters is 1. The standard InChI is InChI=1S/C39H41FN2O3/c1-25(43)42-35(38(44)45-24-27-7-3-2-4-8-27)18-33-32-9-5-6-10-34(32)41(23-26-11-13-31(40)14-12-26)37(33)36(42)22-39-19-28-15-29(20-39)17-30(16-28)21-39/h2-14,28-30,35-36H,15-24H2,1H3/t28?,29?,30?,35-,36+,39?/m0/s1. The van der Waals surface area contributed by atoms with Gasteiger partial charge in [-0.05, 0) is 103 Å². The fraction of sp³-hybridized carbons (Fsp3) is 0.436. The molecule has 3 aromatic carbocycles. The summed E-state index contributed by atoms with van der Waals surface area (Å²) >= 11 is 0. The molecule has 5 nitrogen and oxygen atoms in total. The molecule has 4 aliphatic carbocycles. The molecule has 6 heteroatoms. The minimum absolute atomic E-state index is 0.0874. The van der Waals surface area contributed by atoms with Crippen molar-refractivity contribution < 1.29 is 18.7 Å². The van der Waals surface area contributed by atoms with E-state index in [0.717, 1.165) is 57.5 Å². The van der Waals surface area contributed by atoms with Crippen molar-refractivity contribution in [2.75, 3.05) is 0 Å². The molecule has 1 aromatic heterocycles. The van der Waals surface area contributed by atoms with E-state index in [1.807, 2.05) is 47.4 Å². The third-order valence-corrected chi connectivity index (χ3v) is 11.4. The molecule has 5 aliphatic rings. The van der Waals surface area contributed by atoms with Gasteiger partial charge in [-0.15, -0.1) is 0 Å². The van der Waals surface area contributed by atoms with Gasteiger partial charge in [-0.25, -0.2) is 9.18 Å². The minimum Gasteiger partial charge on any atom is -0.459 e. The molecule has 4 saturated carbocycles. The minimum atomic E-state index is -0.692.